The van der Waals surface area contributed by atoms with Crippen LogP contribution >= 0.6 is 0 Å². The third kappa shape index (κ3) is 2.74. The van der Waals surface area contributed by atoms with Gasteiger partial charge in [0.05, 0.1) is 29.3 Å². The van der Waals surface area contributed by atoms with Crippen LogP contribution < -0.4 is 4.72 Å². The minimum atomic E-state index is -3.66. The van der Waals surface area contributed by atoms with E-state index in [2.05, 4.69) is 9.88 Å². The topological polar surface area (TPSA) is 96.0 Å². The summed E-state index contributed by atoms with van der Waals surface area (Å²) in [5.74, 6) is 0.412. The number of nitrogens with zero attached hydrogens (tertiary/aromatic N) is 2. The molecule has 0 aliphatic heterocycles. The molecule has 0 unspecified atom stereocenters. The molecule has 1 N–H and O–H groups in total. The van der Waals surface area contributed by atoms with E-state index in [0.717, 1.165) is 0 Å². The van der Waals surface area contributed by atoms with Crippen LogP contribution in [-0.4, -0.2) is 13.6 Å². The lowest BCUT2D eigenvalue weighted by atomic mass is 10.2. The number of benzene rings is 1. The van der Waals surface area contributed by atoms with E-state index in [1.807, 2.05) is 6.07 Å². The number of hydrogen-bond donors (Lipinski definition) is 1. The smallest absolute Gasteiger partial charge is 0.241 e. The Morgan fingerprint density at radius 1 is 1.39 bits per heavy atom. The fourth-order valence-corrected chi connectivity index (χ4v) is 2.35. The van der Waals surface area contributed by atoms with Gasteiger partial charge in [-0.2, -0.15) is 5.26 Å². The summed E-state index contributed by atoms with van der Waals surface area (Å²) in [5.41, 5.74) is 0.289. The second kappa shape index (κ2) is 5.00. The Bertz CT molecular complexity index is 672. The number of rotatable bonds is 4. The Morgan fingerprint density at radius 3 is 2.89 bits per heavy atom. The van der Waals surface area contributed by atoms with Gasteiger partial charge < -0.3 is 4.52 Å². The van der Waals surface area contributed by atoms with Crippen molar-refractivity contribution in [2.24, 2.45) is 0 Å². The highest BCUT2D eigenvalue weighted by Crippen LogP contribution is 2.11. The van der Waals surface area contributed by atoms with Crippen LogP contribution in [0.25, 0.3) is 0 Å². The van der Waals surface area contributed by atoms with E-state index in [1.54, 1.807) is 6.07 Å². The van der Waals surface area contributed by atoms with Gasteiger partial charge >= 0.3 is 0 Å². The van der Waals surface area contributed by atoms with Gasteiger partial charge in [-0.25, -0.2) is 13.1 Å². The fourth-order valence-electron chi connectivity index (χ4n) is 1.32. The van der Waals surface area contributed by atoms with Gasteiger partial charge in [-0.1, -0.05) is 11.2 Å². The van der Waals surface area contributed by atoms with E-state index in [9.17, 15) is 8.42 Å². The predicted octanol–water partition coefficient (Wildman–Crippen LogP) is 1.02. The molecular weight excluding hydrogens is 254 g/mol. The highest BCUT2D eigenvalue weighted by Gasteiger charge is 2.14. The number of nitriles is 1. The van der Waals surface area contributed by atoms with Crippen LogP contribution in [0.1, 0.15) is 11.3 Å². The van der Waals surface area contributed by atoms with Crippen molar-refractivity contribution in [2.75, 3.05) is 0 Å². The maximum atomic E-state index is 11.9. The van der Waals surface area contributed by atoms with Crippen LogP contribution in [0.5, 0.6) is 0 Å². The summed E-state index contributed by atoms with van der Waals surface area (Å²) in [4.78, 5) is 0.0427. The van der Waals surface area contributed by atoms with Crippen LogP contribution in [0.3, 0.4) is 0 Å². The van der Waals surface area contributed by atoms with Crippen molar-refractivity contribution in [3.63, 3.8) is 0 Å². The molecule has 0 amide bonds. The molecule has 0 bridgehead atoms. The molecule has 2 rings (SSSR count). The largest absolute Gasteiger partial charge is 0.360 e. The van der Waals surface area contributed by atoms with Crippen molar-refractivity contribution in [3.8, 4) is 6.07 Å². The molecule has 7 heteroatoms. The second-order valence-electron chi connectivity index (χ2n) is 3.44. The molecule has 0 aliphatic rings. The lowest BCUT2D eigenvalue weighted by Gasteiger charge is -2.04. The maximum absolute atomic E-state index is 11.9. The maximum Gasteiger partial charge on any atom is 0.241 e. The molecule has 0 saturated heterocycles. The van der Waals surface area contributed by atoms with Gasteiger partial charge in [0.1, 0.15) is 0 Å². The van der Waals surface area contributed by atoms with Crippen molar-refractivity contribution < 1.29 is 12.9 Å². The molecule has 0 aliphatic carbocycles. The summed E-state index contributed by atoms with van der Waals surface area (Å²) in [7, 11) is -3.66. The Labute approximate surface area is 104 Å². The first-order valence-electron chi connectivity index (χ1n) is 5.01. The van der Waals surface area contributed by atoms with Crippen LogP contribution in [-0.2, 0) is 16.6 Å². The van der Waals surface area contributed by atoms with E-state index >= 15 is 0 Å². The minimum Gasteiger partial charge on any atom is -0.360 e. The van der Waals surface area contributed by atoms with E-state index in [-0.39, 0.29) is 17.0 Å². The van der Waals surface area contributed by atoms with Crippen molar-refractivity contribution in [1.29, 1.82) is 5.26 Å². The highest BCUT2D eigenvalue weighted by atomic mass is 32.2. The predicted molar refractivity (Wildman–Crippen MR) is 61.7 cm³/mol. The zero-order valence-electron chi connectivity index (χ0n) is 9.20. The number of aromatic nitrogens is 1. The highest BCUT2D eigenvalue weighted by molar-refractivity contribution is 7.89. The van der Waals surface area contributed by atoms with Gasteiger partial charge in [0, 0.05) is 6.07 Å². The molecule has 0 atom stereocenters. The fraction of sp³-hybridized carbons (Fsp3) is 0.0909. The zero-order chi connectivity index (χ0) is 13.0. The number of nitrogens with one attached hydrogen (secondary N) is 1. The standard InChI is InChI=1S/C11H9N3O3S/c12-7-9-2-1-3-11(6-9)18(15,16)14-8-10-4-5-13-17-10/h1-6,14H,8H2. The zero-order valence-corrected chi connectivity index (χ0v) is 10.0. The van der Waals surface area contributed by atoms with Gasteiger partial charge in [-0.3, -0.25) is 0 Å². The lowest BCUT2D eigenvalue weighted by molar-refractivity contribution is 0.380. The molecule has 92 valence electrons. The summed E-state index contributed by atoms with van der Waals surface area (Å²) >= 11 is 0. The first-order chi connectivity index (χ1) is 8.62. The summed E-state index contributed by atoms with van der Waals surface area (Å²) in [6, 6.07) is 9.23. The molecule has 18 heavy (non-hydrogen) atoms. The van der Waals surface area contributed by atoms with E-state index in [1.165, 1.54) is 30.5 Å². The van der Waals surface area contributed by atoms with Crippen molar-refractivity contribution in [2.45, 2.75) is 11.4 Å². The SMILES string of the molecule is N#Cc1cccc(S(=O)(=O)NCc2ccno2)c1. The van der Waals surface area contributed by atoms with Gasteiger partial charge in [0.25, 0.3) is 0 Å². The molecule has 6 nitrogen and oxygen atoms in total. The second-order valence-corrected chi connectivity index (χ2v) is 5.21. The molecule has 1 aromatic carbocycles. The number of hydrogen-bond acceptors (Lipinski definition) is 5. The summed E-state index contributed by atoms with van der Waals surface area (Å²) in [5, 5.41) is 12.2. The van der Waals surface area contributed by atoms with Crippen LogP contribution in [0.15, 0.2) is 45.9 Å². The van der Waals surface area contributed by atoms with E-state index < -0.39 is 10.0 Å². The molecule has 2 aromatic rings. The van der Waals surface area contributed by atoms with Crippen LogP contribution in [0, 0.1) is 11.3 Å². The molecule has 0 saturated carbocycles. The van der Waals surface area contributed by atoms with Gasteiger partial charge in [0.2, 0.25) is 10.0 Å². The first kappa shape index (κ1) is 12.3. The van der Waals surface area contributed by atoms with Crippen molar-refractivity contribution in [3.05, 3.63) is 47.9 Å². The minimum absolute atomic E-state index is 0.0130. The third-order valence-electron chi connectivity index (χ3n) is 2.20. The molecule has 0 spiro atoms. The molecule has 1 heterocycles. The van der Waals surface area contributed by atoms with E-state index in [4.69, 9.17) is 9.78 Å². The Hall–Kier alpha value is -2.17. The normalized spacial score (nSPS) is 11.1. The molecule has 0 fully saturated rings. The molecule has 0 radical (unpaired) electrons. The van der Waals surface area contributed by atoms with Gasteiger partial charge in [-0.15, -0.1) is 0 Å². The first-order valence-corrected chi connectivity index (χ1v) is 6.49. The summed E-state index contributed by atoms with van der Waals surface area (Å²) in [6.45, 7) is 0.0130. The average molecular weight is 263 g/mol. The van der Waals surface area contributed by atoms with E-state index in [0.29, 0.717) is 5.76 Å². The summed E-state index contributed by atoms with van der Waals surface area (Å²) < 4.78 is 31.0. The quantitative estimate of drug-likeness (QED) is 0.888. The van der Waals surface area contributed by atoms with Gasteiger partial charge in [0.15, 0.2) is 5.76 Å². The molecular formula is C11H9N3O3S. The lowest BCUT2D eigenvalue weighted by Crippen LogP contribution is -2.23. The Kier molecular flexibility index (Phi) is 3.41. The van der Waals surface area contributed by atoms with Crippen LogP contribution in [0.4, 0.5) is 0 Å². The monoisotopic (exact) mass is 263 g/mol. The van der Waals surface area contributed by atoms with Gasteiger partial charge in [-0.05, 0) is 18.2 Å². The van der Waals surface area contributed by atoms with Crippen LogP contribution in [0.2, 0.25) is 0 Å². The number of sulfonamides is 1. The summed E-state index contributed by atoms with van der Waals surface area (Å²) in [6.07, 6.45) is 1.43. The van der Waals surface area contributed by atoms with Crippen molar-refractivity contribution >= 4 is 10.0 Å². The Morgan fingerprint density at radius 2 is 2.22 bits per heavy atom. The average Bonchev–Trinajstić information content (AvgIpc) is 2.90. The third-order valence-corrected chi connectivity index (χ3v) is 3.60. The van der Waals surface area contributed by atoms with Crippen molar-refractivity contribution in [1.82, 2.24) is 9.88 Å². The Balaban J connectivity index is 2.18. The molecule has 1 aromatic heterocycles.